The number of imidazole rings is 1. The predicted octanol–water partition coefficient (Wildman–Crippen LogP) is 1.72. The van der Waals surface area contributed by atoms with Crippen LogP contribution < -0.4 is 11.0 Å². The second kappa shape index (κ2) is 7.87. The van der Waals surface area contributed by atoms with Crippen molar-refractivity contribution in [2.45, 2.75) is 45.2 Å². The minimum absolute atomic E-state index is 0.0575. The van der Waals surface area contributed by atoms with E-state index < -0.39 is 0 Å². The van der Waals surface area contributed by atoms with Crippen LogP contribution in [0.4, 0.5) is 0 Å². The van der Waals surface area contributed by atoms with Gasteiger partial charge in [-0.1, -0.05) is 19.1 Å². The van der Waals surface area contributed by atoms with Crippen molar-refractivity contribution >= 4 is 16.9 Å². The van der Waals surface area contributed by atoms with Gasteiger partial charge in [0.1, 0.15) is 0 Å². The lowest BCUT2D eigenvalue weighted by Crippen LogP contribution is -2.46. The molecule has 6 heteroatoms. The number of amides is 1. The molecule has 0 radical (unpaired) electrons. The molecule has 1 amide bonds. The number of para-hydroxylation sites is 2. The van der Waals surface area contributed by atoms with Crippen molar-refractivity contribution in [2.24, 2.45) is 7.05 Å². The Balaban J connectivity index is 1.74. The maximum Gasteiger partial charge on any atom is 0.328 e. The average Bonchev–Trinajstić information content (AvgIpc) is 2.89. The van der Waals surface area contributed by atoms with E-state index in [0.29, 0.717) is 19.0 Å². The molecule has 0 unspecified atom stereocenters. The summed E-state index contributed by atoms with van der Waals surface area (Å²) in [5.41, 5.74) is 1.74. The number of carbonyl (C=O) groups is 1. The number of carbonyl (C=O) groups excluding carboxylic acids is 1. The van der Waals surface area contributed by atoms with Crippen molar-refractivity contribution in [3.8, 4) is 0 Å². The minimum Gasteiger partial charge on any atom is -0.340 e. The van der Waals surface area contributed by atoms with Gasteiger partial charge in [0, 0.05) is 32.6 Å². The molecule has 0 spiro atoms. The van der Waals surface area contributed by atoms with Gasteiger partial charge in [0.05, 0.1) is 11.0 Å². The van der Waals surface area contributed by atoms with E-state index in [1.807, 2.05) is 29.2 Å². The van der Waals surface area contributed by atoms with Gasteiger partial charge in [-0.25, -0.2) is 4.79 Å². The highest BCUT2D eigenvalue weighted by atomic mass is 16.2. The fourth-order valence-corrected chi connectivity index (χ4v) is 3.80. The lowest BCUT2D eigenvalue weighted by molar-refractivity contribution is -0.134. The molecule has 0 aliphatic carbocycles. The van der Waals surface area contributed by atoms with Gasteiger partial charge in [-0.3, -0.25) is 13.9 Å². The molecule has 0 saturated carbocycles. The van der Waals surface area contributed by atoms with Gasteiger partial charge in [0.15, 0.2) is 0 Å². The van der Waals surface area contributed by atoms with Crippen molar-refractivity contribution in [3.05, 3.63) is 34.7 Å². The summed E-state index contributed by atoms with van der Waals surface area (Å²) in [4.78, 5) is 27.4. The quantitative estimate of drug-likeness (QED) is 0.868. The van der Waals surface area contributed by atoms with Gasteiger partial charge in [-0.05, 0) is 44.5 Å². The summed E-state index contributed by atoms with van der Waals surface area (Å²) in [6, 6.07) is 8.07. The molecule has 3 rings (SSSR count). The lowest BCUT2D eigenvalue weighted by Gasteiger charge is -2.34. The van der Waals surface area contributed by atoms with Crippen LogP contribution in [0.1, 0.15) is 32.6 Å². The number of piperidine rings is 1. The van der Waals surface area contributed by atoms with Crippen LogP contribution in [0.25, 0.3) is 11.0 Å². The van der Waals surface area contributed by atoms with E-state index in [-0.39, 0.29) is 11.6 Å². The number of aromatic nitrogens is 2. The molecule has 2 heterocycles. The van der Waals surface area contributed by atoms with E-state index in [4.69, 9.17) is 0 Å². The van der Waals surface area contributed by atoms with Crippen LogP contribution in [0, 0.1) is 0 Å². The Morgan fingerprint density at radius 2 is 1.92 bits per heavy atom. The van der Waals surface area contributed by atoms with E-state index in [9.17, 15) is 9.59 Å². The average molecular weight is 344 g/mol. The van der Waals surface area contributed by atoms with Crippen LogP contribution in [0.15, 0.2) is 29.1 Å². The van der Waals surface area contributed by atoms with Gasteiger partial charge in [-0.2, -0.15) is 0 Å². The molecule has 1 aliphatic rings. The molecule has 2 aromatic rings. The van der Waals surface area contributed by atoms with Crippen LogP contribution in [0.2, 0.25) is 0 Å². The Labute approximate surface area is 148 Å². The van der Waals surface area contributed by atoms with E-state index in [1.54, 1.807) is 16.2 Å². The van der Waals surface area contributed by atoms with Crippen molar-refractivity contribution in [1.29, 1.82) is 0 Å². The number of aryl methyl sites for hydroxylation is 2. The largest absolute Gasteiger partial charge is 0.340 e. The van der Waals surface area contributed by atoms with E-state index >= 15 is 0 Å². The fraction of sp³-hybridized carbons (Fsp3) is 0.579. The van der Waals surface area contributed by atoms with Crippen LogP contribution in [-0.2, 0) is 18.4 Å². The molecule has 25 heavy (non-hydrogen) atoms. The molecule has 0 bridgehead atoms. The first-order chi connectivity index (χ1) is 12.1. The highest BCUT2D eigenvalue weighted by Gasteiger charge is 2.24. The van der Waals surface area contributed by atoms with Gasteiger partial charge in [0.25, 0.3) is 0 Å². The topological polar surface area (TPSA) is 59.3 Å². The Morgan fingerprint density at radius 1 is 1.24 bits per heavy atom. The summed E-state index contributed by atoms with van der Waals surface area (Å²) in [6.07, 6.45) is 3.36. The smallest absolute Gasteiger partial charge is 0.328 e. The zero-order valence-corrected chi connectivity index (χ0v) is 15.2. The fourth-order valence-electron chi connectivity index (χ4n) is 3.80. The number of hydrogen-bond donors (Lipinski definition) is 1. The summed E-state index contributed by atoms with van der Waals surface area (Å²) in [7, 11) is 1.78. The first-order valence-electron chi connectivity index (χ1n) is 9.28. The molecule has 1 aromatic heterocycles. The number of rotatable bonds is 6. The number of fused-ring (bicyclic) bond motifs is 1. The third-order valence-electron chi connectivity index (χ3n) is 5.14. The van der Waals surface area contributed by atoms with Gasteiger partial charge >= 0.3 is 5.69 Å². The second-order valence-electron chi connectivity index (χ2n) is 6.80. The Hall–Kier alpha value is -2.08. The third kappa shape index (κ3) is 3.63. The van der Waals surface area contributed by atoms with Crippen LogP contribution in [-0.4, -0.2) is 45.6 Å². The highest BCUT2D eigenvalue weighted by molar-refractivity contribution is 5.78. The van der Waals surface area contributed by atoms with Crippen LogP contribution >= 0.6 is 0 Å². The van der Waals surface area contributed by atoms with Gasteiger partial charge in [-0.15, -0.1) is 0 Å². The van der Waals surface area contributed by atoms with Crippen molar-refractivity contribution in [2.75, 3.05) is 19.6 Å². The maximum atomic E-state index is 12.8. The van der Waals surface area contributed by atoms with Crippen molar-refractivity contribution in [3.63, 3.8) is 0 Å². The zero-order chi connectivity index (χ0) is 17.8. The molecule has 136 valence electrons. The van der Waals surface area contributed by atoms with E-state index in [0.717, 1.165) is 49.9 Å². The van der Waals surface area contributed by atoms with Gasteiger partial charge < -0.3 is 10.2 Å². The van der Waals surface area contributed by atoms with Crippen LogP contribution in [0.3, 0.4) is 0 Å². The number of nitrogens with zero attached hydrogens (tertiary/aromatic N) is 3. The van der Waals surface area contributed by atoms with E-state index in [2.05, 4.69) is 12.2 Å². The first-order valence-corrected chi connectivity index (χ1v) is 9.28. The standard InChI is InChI=1S/C19H28N4O2/c1-3-13-22(15-8-11-20-12-9-15)18(24)10-14-23-17-7-5-4-6-16(17)21(2)19(23)25/h4-7,15,20H,3,8-14H2,1-2H3. The summed E-state index contributed by atoms with van der Waals surface area (Å²) < 4.78 is 3.37. The summed E-state index contributed by atoms with van der Waals surface area (Å²) >= 11 is 0. The first kappa shape index (κ1) is 17.7. The Kier molecular flexibility index (Phi) is 5.58. The Bertz CT molecular complexity index is 786. The number of nitrogens with one attached hydrogen (secondary N) is 1. The molecule has 1 N–H and O–H groups in total. The molecular formula is C19H28N4O2. The number of hydrogen-bond acceptors (Lipinski definition) is 3. The Morgan fingerprint density at radius 3 is 2.60 bits per heavy atom. The third-order valence-corrected chi connectivity index (χ3v) is 5.14. The number of benzene rings is 1. The van der Waals surface area contributed by atoms with Crippen LogP contribution in [0.5, 0.6) is 0 Å². The summed E-state index contributed by atoms with van der Waals surface area (Å²) in [5, 5.41) is 3.35. The monoisotopic (exact) mass is 344 g/mol. The normalized spacial score (nSPS) is 15.6. The van der Waals surface area contributed by atoms with Gasteiger partial charge in [0.2, 0.25) is 5.91 Å². The molecule has 1 aromatic carbocycles. The van der Waals surface area contributed by atoms with Crippen molar-refractivity contribution in [1.82, 2.24) is 19.4 Å². The SMILES string of the molecule is CCCN(C(=O)CCn1c(=O)n(C)c2ccccc21)C1CCNCC1. The molecule has 1 fully saturated rings. The highest BCUT2D eigenvalue weighted by Crippen LogP contribution is 2.16. The summed E-state index contributed by atoms with van der Waals surface area (Å²) in [6.45, 7) is 5.29. The molecular weight excluding hydrogens is 316 g/mol. The van der Waals surface area contributed by atoms with E-state index in [1.165, 1.54) is 0 Å². The lowest BCUT2D eigenvalue weighted by atomic mass is 10.0. The molecule has 1 saturated heterocycles. The molecule has 0 atom stereocenters. The predicted molar refractivity (Wildman–Crippen MR) is 99.7 cm³/mol. The van der Waals surface area contributed by atoms with Crippen molar-refractivity contribution < 1.29 is 4.79 Å². The molecule has 6 nitrogen and oxygen atoms in total. The zero-order valence-electron chi connectivity index (χ0n) is 15.2. The minimum atomic E-state index is -0.0575. The second-order valence-corrected chi connectivity index (χ2v) is 6.80. The summed E-state index contributed by atoms with van der Waals surface area (Å²) in [5.74, 6) is 0.161. The molecule has 1 aliphatic heterocycles. The maximum absolute atomic E-state index is 12.8.